The molecule has 1 aliphatic carbocycles. The number of ether oxygens (including phenoxy) is 1. The van der Waals surface area contributed by atoms with Crippen molar-refractivity contribution < 1.29 is 4.74 Å². The van der Waals surface area contributed by atoms with E-state index >= 15 is 0 Å². The highest BCUT2D eigenvalue weighted by molar-refractivity contribution is 9.10. The normalized spacial score (nSPS) is 20.4. The monoisotopic (exact) mass is 255 g/mol. The third kappa shape index (κ3) is 1.55. The fraction of sp³-hybridized carbons (Fsp3) is 0.455. The Labute approximate surface area is 92.6 Å². The number of halogens is 1. The maximum Gasteiger partial charge on any atom is 0.133 e. The van der Waals surface area contributed by atoms with Gasteiger partial charge in [0, 0.05) is 6.04 Å². The molecule has 76 valence electrons. The number of rotatable bonds is 1. The Bertz CT molecular complexity index is 351. The molecule has 0 heterocycles. The van der Waals surface area contributed by atoms with Crippen LogP contribution in [0.1, 0.15) is 30.0 Å². The van der Waals surface area contributed by atoms with Crippen molar-refractivity contribution in [1.29, 1.82) is 0 Å². The first-order valence-corrected chi connectivity index (χ1v) is 5.64. The molecule has 2 N–H and O–H groups in total. The average molecular weight is 256 g/mol. The summed E-state index contributed by atoms with van der Waals surface area (Å²) in [4.78, 5) is 0. The Morgan fingerprint density at radius 2 is 2.29 bits per heavy atom. The van der Waals surface area contributed by atoms with Gasteiger partial charge in [-0.05, 0) is 52.4 Å². The smallest absolute Gasteiger partial charge is 0.133 e. The minimum atomic E-state index is 0.195. The highest BCUT2D eigenvalue weighted by Gasteiger charge is 2.20. The van der Waals surface area contributed by atoms with E-state index in [1.807, 2.05) is 6.07 Å². The van der Waals surface area contributed by atoms with Crippen LogP contribution in [0.15, 0.2) is 16.6 Å². The molecule has 0 radical (unpaired) electrons. The van der Waals surface area contributed by atoms with Gasteiger partial charge in [-0.3, -0.25) is 0 Å². The Balaban J connectivity index is 2.52. The molecule has 14 heavy (non-hydrogen) atoms. The summed E-state index contributed by atoms with van der Waals surface area (Å²) in [7, 11) is 1.69. The molecular formula is C11H14BrNO. The standard InChI is InChI=1S/C11H14BrNO/c1-14-10-6-5-7-8(11(10)12)3-2-4-9(7)13/h5-6,9H,2-4,13H2,1H3/t9-/m1/s1. The van der Waals surface area contributed by atoms with Gasteiger partial charge < -0.3 is 10.5 Å². The van der Waals surface area contributed by atoms with E-state index in [2.05, 4.69) is 22.0 Å². The van der Waals surface area contributed by atoms with Crippen LogP contribution < -0.4 is 10.5 Å². The van der Waals surface area contributed by atoms with E-state index in [-0.39, 0.29) is 6.04 Å². The summed E-state index contributed by atoms with van der Waals surface area (Å²) >= 11 is 3.57. The molecule has 3 heteroatoms. The molecule has 0 aliphatic heterocycles. The van der Waals surface area contributed by atoms with E-state index in [0.717, 1.165) is 23.1 Å². The Morgan fingerprint density at radius 3 is 3.00 bits per heavy atom. The quantitative estimate of drug-likeness (QED) is 0.838. The second-order valence-electron chi connectivity index (χ2n) is 3.65. The lowest BCUT2D eigenvalue weighted by Crippen LogP contribution is -2.17. The minimum Gasteiger partial charge on any atom is -0.496 e. The molecule has 1 aliphatic rings. The fourth-order valence-corrected chi connectivity index (χ4v) is 2.75. The van der Waals surface area contributed by atoms with Crippen molar-refractivity contribution >= 4 is 15.9 Å². The van der Waals surface area contributed by atoms with Gasteiger partial charge in [-0.15, -0.1) is 0 Å². The highest BCUT2D eigenvalue weighted by atomic mass is 79.9. The van der Waals surface area contributed by atoms with Crippen LogP contribution in [0.2, 0.25) is 0 Å². The van der Waals surface area contributed by atoms with Crippen LogP contribution >= 0.6 is 15.9 Å². The topological polar surface area (TPSA) is 35.2 Å². The van der Waals surface area contributed by atoms with Crippen molar-refractivity contribution in [3.8, 4) is 5.75 Å². The van der Waals surface area contributed by atoms with Crippen LogP contribution in [-0.2, 0) is 6.42 Å². The van der Waals surface area contributed by atoms with E-state index in [4.69, 9.17) is 10.5 Å². The first kappa shape index (κ1) is 9.99. The van der Waals surface area contributed by atoms with Crippen LogP contribution in [0, 0.1) is 0 Å². The molecule has 0 unspecified atom stereocenters. The van der Waals surface area contributed by atoms with Crippen molar-refractivity contribution in [2.45, 2.75) is 25.3 Å². The zero-order valence-corrected chi connectivity index (χ0v) is 9.80. The number of nitrogens with two attached hydrogens (primary N) is 1. The van der Waals surface area contributed by atoms with Gasteiger partial charge in [0.1, 0.15) is 5.75 Å². The van der Waals surface area contributed by atoms with Crippen molar-refractivity contribution in [1.82, 2.24) is 0 Å². The van der Waals surface area contributed by atoms with E-state index in [1.54, 1.807) is 7.11 Å². The van der Waals surface area contributed by atoms with Gasteiger partial charge in [0.15, 0.2) is 0 Å². The molecular weight excluding hydrogens is 242 g/mol. The summed E-state index contributed by atoms with van der Waals surface area (Å²) in [5, 5.41) is 0. The predicted octanol–water partition coefficient (Wildman–Crippen LogP) is 2.79. The largest absolute Gasteiger partial charge is 0.496 e. The highest BCUT2D eigenvalue weighted by Crippen LogP contribution is 2.37. The molecule has 0 saturated heterocycles. The Hall–Kier alpha value is -0.540. The lowest BCUT2D eigenvalue weighted by Gasteiger charge is -2.24. The first-order chi connectivity index (χ1) is 6.74. The maximum atomic E-state index is 6.05. The predicted molar refractivity (Wildman–Crippen MR) is 60.6 cm³/mol. The van der Waals surface area contributed by atoms with Crippen LogP contribution in [0.25, 0.3) is 0 Å². The summed E-state index contributed by atoms with van der Waals surface area (Å²) in [6, 6.07) is 4.26. The third-order valence-electron chi connectivity index (χ3n) is 2.81. The van der Waals surface area contributed by atoms with Gasteiger partial charge in [0.25, 0.3) is 0 Å². The van der Waals surface area contributed by atoms with Gasteiger partial charge in [-0.1, -0.05) is 6.07 Å². The zero-order chi connectivity index (χ0) is 10.1. The van der Waals surface area contributed by atoms with Crippen molar-refractivity contribution in [3.05, 3.63) is 27.7 Å². The Morgan fingerprint density at radius 1 is 1.50 bits per heavy atom. The second-order valence-corrected chi connectivity index (χ2v) is 4.44. The third-order valence-corrected chi connectivity index (χ3v) is 3.67. The minimum absolute atomic E-state index is 0.195. The van der Waals surface area contributed by atoms with Crippen molar-refractivity contribution in [2.75, 3.05) is 7.11 Å². The fourth-order valence-electron chi connectivity index (χ4n) is 2.03. The summed E-state index contributed by atoms with van der Waals surface area (Å²) in [6.07, 6.45) is 3.35. The van der Waals surface area contributed by atoms with E-state index in [9.17, 15) is 0 Å². The molecule has 1 aromatic carbocycles. The summed E-state index contributed by atoms with van der Waals surface area (Å²) in [5.41, 5.74) is 8.63. The first-order valence-electron chi connectivity index (χ1n) is 4.85. The molecule has 0 aromatic heterocycles. The number of hydrogen-bond donors (Lipinski definition) is 1. The van der Waals surface area contributed by atoms with Gasteiger partial charge in [-0.2, -0.15) is 0 Å². The zero-order valence-electron chi connectivity index (χ0n) is 8.22. The molecule has 0 fully saturated rings. The molecule has 0 spiro atoms. The van der Waals surface area contributed by atoms with E-state index < -0.39 is 0 Å². The Kier molecular flexibility index (Phi) is 2.79. The van der Waals surface area contributed by atoms with Gasteiger partial charge in [0.2, 0.25) is 0 Å². The summed E-state index contributed by atoms with van der Waals surface area (Å²) in [5.74, 6) is 0.901. The van der Waals surface area contributed by atoms with Crippen LogP contribution in [0.4, 0.5) is 0 Å². The van der Waals surface area contributed by atoms with Gasteiger partial charge >= 0.3 is 0 Å². The molecule has 1 aromatic rings. The summed E-state index contributed by atoms with van der Waals surface area (Å²) < 4.78 is 6.34. The van der Waals surface area contributed by atoms with Gasteiger partial charge in [-0.25, -0.2) is 0 Å². The molecule has 2 rings (SSSR count). The summed E-state index contributed by atoms with van der Waals surface area (Å²) in [6.45, 7) is 0. The number of methoxy groups -OCH3 is 1. The lowest BCUT2D eigenvalue weighted by molar-refractivity contribution is 0.410. The average Bonchev–Trinajstić information content (AvgIpc) is 2.20. The number of hydrogen-bond acceptors (Lipinski definition) is 2. The molecule has 1 atom stereocenters. The number of fused-ring (bicyclic) bond motifs is 1. The molecule has 0 amide bonds. The molecule has 0 saturated carbocycles. The van der Waals surface area contributed by atoms with Crippen molar-refractivity contribution in [3.63, 3.8) is 0 Å². The van der Waals surface area contributed by atoms with Crippen LogP contribution in [0.5, 0.6) is 5.75 Å². The van der Waals surface area contributed by atoms with Crippen molar-refractivity contribution in [2.24, 2.45) is 5.73 Å². The van der Waals surface area contributed by atoms with E-state index in [1.165, 1.54) is 17.5 Å². The molecule has 0 bridgehead atoms. The second kappa shape index (κ2) is 3.91. The maximum absolute atomic E-state index is 6.05. The SMILES string of the molecule is COc1ccc2c(c1Br)CCC[C@H]2N. The molecule has 2 nitrogen and oxygen atoms in total. The number of benzene rings is 1. The van der Waals surface area contributed by atoms with Gasteiger partial charge in [0.05, 0.1) is 11.6 Å². The van der Waals surface area contributed by atoms with Crippen LogP contribution in [0.3, 0.4) is 0 Å². The van der Waals surface area contributed by atoms with E-state index in [0.29, 0.717) is 0 Å². The lowest BCUT2D eigenvalue weighted by atomic mass is 9.88. The van der Waals surface area contributed by atoms with Crippen LogP contribution in [-0.4, -0.2) is 7.11 Å².